The number of halogens is 3. The number of alkyl carbamates (subject to hydrolysis) is 1. The van der Waals surface area contributed by atoms with Gasteiger partial charge in [0.2, 0.25) is 5.91 Å². The normalized spacial score (nSPS) is 16.1. The molecule has 1 aliphatic carbocycles. The highest BCUT2D eigenvalue weighted by atomic mass is 19.4. The van der Waals surface area contributed by atoms with Gasteiger partial charge in [0.25, 0.3) is 0 Å². The molecule has 0 spiro atoms. The van der Waals surface area contributed by atoms with Crippen LogP contribution in [0.1, 0.15) is 57.6 Å². The van der Waals surface area contributed by atoms with E-state index in [1.165, 1.54) is 0 Å². The van der Waals surface area contributed by atoms with Gasteiger partial charge in [-0.2, -0.15) is 13.2 Å². The number of hydrogen-bond acceptors (Lipinski definition) is 4. The number of carbonyl (C=O) groups is 2. The number of rotatable bonds is 8. The van der Waals surface area contributed by atoms with Crippen molar-refractivity contribution >= 4 is 12.0 Å². The first-order chi connectivity index (χ1) is 14.4. The SMILES string of the molecule is CC(C)(C)OC(=O)NCC1(C(=O)NCc2ccc(COCC(F)(F)F)cc2)CCCC1. The molecule has 174 valence electrons. The van der Waals surface area contributed by atoms with Crippen LogP contribution in [0.2, 0.25) is 0 Å². The van der Waals surface area contributed by atoms with Crippen LogP contribution in [0.4, 0.5) is 18.0 Å². The maximum absolute atomic E-state index is 12.9. The van der Waals surface area contributed by atoms with E-state index in [0.29, 0.717) is 18.4 Å². The zero-order valence-electron chi connectivity index (χ0n) is 18.2. The minimum Gasteiger partial charge on any atom is -0.444 e. The highest BCUT2D eigenvalue weighted by Gasteiger charge is 2.41. The maximum atomic E-state index is 12.9. The molecule has 0 radical (unpaired) electrons. The molecule has 2 amide bonds. The van der Waals surface area contributed by atoms with Crippen LogP contribution in [0.3, 0.4) is 0 Å². The van der Waals surface area contributed by atoms with Crippen molar-refractivity contribution in [1.82, 2.24) is 10.6 Å². The number of benzene rings is 1. The predicted molar refractivity (Wildman–Crippen MR) is 109 cm³/mol. The zero-order chi connectivity index (χ0) is 23.1. The van der Waals surface area contributed by atoms with E-state index in [4.69, 9.17) is 4.74 Å². The van der Waals surface area contributed by atoms with E-state index in [-0.39, 0.29) is 25.6 Å². The van der Waals surface area contributed by atoms with E-state index in [1.54, 1.807) is 45.0 Å². The Bertz CT molecular complexity index is 737. The number of carbonyl (C=O) groups excluding carboxylic acids is 2. The third kappa shape index (κ3) is 8.77. The van der Waals surface area contributed by atoms with Gasteiger partial charge in [0.1, 0.15) is 12.2 Å². The molecule has 9 heteroatoms. The molecule has 0 aliphatic heterocycles. The molecule has 1 aromatic carbocycles. The quantitative estimate of drug-likeness (QED) is 0.621. The minimum atomic E-state index is -4.35. The molecule has 1 fully saturated rings. The second-order valence-corrected chi connectivity index (χ2v) is 8.95. The standard InChI is InChI=1S/C22H31F3N2O4/c1-20(2,3)31-19(29)27-14-21(10-4-5-11-21)18(28)26-12-16-6-8-17(9-7-16)13-30-15-22(23,24)25/h6-9H,4-5,10-15H2,1-3H3,(H,26,28)(H,27,29). The van der Waals surface area contributed by atoms with Crippen molar-refractivity contribution in [2.24, 2.45) is 5.41 Å². The van der Waals surface area contributed by atoms with Crippen molar-refractivity contribution in [3.63, 3.8) is 0 Å². The Morgan fingerprint density at radius 1 is 1.00 bits per heavy atom. The van der Waals surface area contributed by atoms with E-state index < -0.39 is 29.9 Å². The smallest absolute Gasteiger partial charge is 0.411 e. The van der Waals surface area contributed by atoms with Gasteiger partial charge in [0.15, 0.2) is 0 Å². The lowest BCUT2D eigenvalue weighted by Gasteiger charge is -2.29. The second-order valence-electron chi connectivity index (χ2n) is 8.95. The highest BCUT2D eigenvalue weighted by Crippen LogP contribution is 2.38. The molecule has 0 heterocycles. The summed E-state index contributed by atoms with van der Waals surface area (Å²) in [6, 6.07) is 6.83. The topological polar surface area (TPSA) is 76.7 Å². The van der Waals surface area contributed by atoms with Crippen molar-refractivity contribution in [3.05, 3.63) is 35.4 Å². The summed E-state index contributed by atoms with van der Waals surface area (Å²) in [5.41, 5.74) is 0.163. The van der Waals surface area contributed by atoms with Gasteiger partial charge in [-0.05, 0) is 44.7 Å². The second kappa shape index (κ2) is 10.3. The molecule has 1 aliphatic rings. The lowest BCUT2D eigenvalue weighted by Crippen LogP contribution is -2.47. The maximum Gasteiger partial charge on any atom is 0.411 e. The summed E-state index contributed by atoms with van der Waals surface area (Å²) in [4.78, 5) is 24.9. The lowest BCUT2D eigenvalue weighted by molar-refractivity contribution is -0.176. The van der Waals surface area contributed by atoms with Gasteiger partial charge in [-0.3, -0.25) is 4.79 Å². The van der Waals surface area contributed by atoms with Crippen molar-refractivity contribution in [3.8, 4) is 0 Å². The third-order valence-electron chi connectivity index (χ3n) is 5.02. The van der Waals surface area contributed by atoms with E-state index in [2.05, 4.69) is 15.4 Å². The number of amides is 2. The summed E-state index contributed by atoms with van der Waals surface area (Å²) in [5, 5.41) is 5.65. The van der Waals surface area contributed by atoms with E-state index in [1.807, 2.05) is 0 Å². The molecule has 0 aromatic heterocycles. The van der Waals surface area contributed by atoms with Crippen molar-refractivity contribution in [2.45, 2.75) is 71.4 Å². The van der Waals surface area contributed by atoms with Crippen LogP contribution in [0, 0.1) is 5.41 Å². The first kappa shape index (κ1) is 25.0. The fourth-order valence-corrected chi connectivity index (χ4v) is 3.50. The van der Waals surface area contributed by atoms with Gasteiger partial charge in [-0.15, -0.1) is 0 Å². The molecule has 2 N–H and O–H groups in total. The first-order valence-corrected chi connectivity index (χ1v) is 10.4. The largest absolute Gasteiger partial charge is 0.444 e. The molecular weight excluding hydrogens is 413 g/mol. The average molecular weight is 444 g/mol. The Morgan fingerprint density at radius 3 is 2.13 bits per heavy atom. The number of alkyl halides is 3. The Balaban J connectivity index is 1.85. The van der Waals surface area contributed by atoms with Crippen LogP contribution >= 0.6 is 0 Å². The predicted octanol–water partition coefficient (Wildman–Crippen LogP) is 4.47. The summed E-state index contributed by atoms with van der Waals surface area (Å²) < 4.78 is 46.3. The third-order valence-corrected chi connectivity index (χ3v) is 5.02. The van der Waals surface area contributed by atoms with Crippen molar-refractivity contribution in [2.75, 3.05) is 13.2 Å². The van der Waals surface area contributed by atoms with Gasteiger partial charge in [-0.1, -0.05) is 37.1 Å². The van der Waals surface area contributed by atoms with E-state index in [9.17, 15) is 22.8 Å². The summed E-state index contributed by atoms with van der Waals surface area (Å²) in [5.74, 6) is -0.126. The van der Waals surface area contributed by atoms with Gasteiger partial charge < -0.3 is 20.1 Å². The molecule has 6 nitrogen and oxygen atoms in total. The molecular formula is C22H31F3N2O4. The lowest BCUT2D eigenvalue weighted by atomic mass is 9.85. The minimum absolute atomic E-state index is 0.126. The van der Waals surface area contributed by atoms with Crippen LogP contribution in [-0.2, 0) is 27.4 Å². The van der Waals surface area contributed by atoms with Gasteiger partial charge >= 0.3 is 12.3 Å². The zero-order valence-corrected chi connectivity index (χ0v) is 18.2. The Kier molecular flexibility index (Phi) is 8.34. The van der Waals surface area contributed by atoms with Gasteiger partial charge in [0, 0.05) is 13.1 Å². The summed E-state index contributed by atoms with van der Waals surface area (Å²) >= 11 is 0. The summed E-state index contributed by atoms with van der Waals surface area (Å²) in [7, 11) is 0. The van der Waals surface area contributed by atoms with E-state index >= 15 is 0 Å². The van der Waals surface area contributed by atoms with Gasteiger partial charge in [-0.25, -0.2) is 4.79 Å². The van der Waals surface area contributed by atoms with Crippen LogP contribution in [0.5, 0.6) is 0 Å². The average Bonchev–Trinajstić information content (AvgIpc) is 3.13. The summed E-state index contributed by atoms with van der Waals surface area (Å²) in [6.45, 7) is 4.41. The van der Waals surface area contributed by atoms with Crippen LogP contribution in [0.15, 0.2) is 24.3 Å². The fraction of sp³-hybridized carbons (Fsp3) is 0.636. The Labute approximate surface area is 180 Å². The monoisotopic (exact) mass is 444 g/mol. The summed E-state index contributed by atoms with van der Waals surface area (Å²) in [6.07, 6.45) is -1.70. The van der Waals surface area contributed by atoms with Crippen LogP contribution in [0.25, 0.3) is 0 Å². The molecule has 1 aromatic rings. The van der Waals surface area contributed by atoms with Crippen molar-refractivity contribution in [1.29, 1.82) is 0 Å². The van der Waals surface area contributed by atoms with E-state index in [0.717, 1.165) is 18.4 Å². The first-order valence-electron chi connectivity index (χ1n) is 10.4. The van der Waals surface area contributed by atoms with Crippen LogP contribution < -0.4 is 10.6 Å². The Hall–Kier alpha value is -2.29. The fourth-order valence-electron chi connectivity index (χ4n) is 3.50. The number of hydrogen-bond donors (Lipinski definition) is 2. The molecule has 0 atom stereocenters. The molecule has 0 saturated heterocycles. The molecule has 31 heavy (non-hydrogen) atoms. The van der Waals surface area contributed by atoms with Crippen molar-refractivity contribution < 1.29 is 32.2 Å². The molecule has 0 bridgehead atoms. The highest BCUT2D eigenvalue weighted by molar-refractivity contribution is 5.83. The molecule has 2 rings (SSSR count). The number of ether oxygens (including phenoxy) is 2. The Morgan fingerprint density at radius 2 is 1.58 bits per heavy atom. The molecule has 0 unspecified atom stereocenters. The number of nitrogens with one attached hydrogen (secondary N) is 2. The van der Waals surface area contributed by atoms with Gasteiger partial charge in [0.05, 0.1) is 12.0 Å². The molecule has 1 saturated carbocycles. The van der Waals surface area contributed by atoms with Crippen LogP contribution in [-0.4, -0.2) is 36.9 Å².